The van der Waals surface area contributed by atoms with Crippen LogP contribution in [0.3, 0.4) is 0 Å². The molecule has 3 atom stereocenters. The highest BCUT2D eigenvalue weighted by Gasteiger charge is 2.36. The van der Waals surface area contributed by atoms with Crippen LogP contribution >= 0.6 is 15.9 Å². The smallest absolute Gasteiger partial charge is 0.0359 e. The van der Waals surface area contributed by atoms with Crippen LogP contribution < -0.4 is 0 Å². The lowest BCUT2D eigenvalue weighted by Gasteiger charge is -2.31. The van der Waals surface area contributed by atoms with Gasteiger partial charge in [-0.15, -0.1) is 0 Å². The van der Waals surface area contributed by atoms with Gasteiger partial charge in [-0.1, -0.05) is 28.1 Å². The Morgan fingerprint density at radius 3 is 2.38 bits per heavy atom. The van der Waals surface area contributed by atoms with Crippen LogP contribution in [0.1, 0.15) is 12.8 Å². The molecule has 1 fully saturated rings. The second-order valence-corrected chi connectivity index (χ2v) is 3.79. The van der Waals surface area contributed by atoms with Gasteiger partial charge in [0.05, 0.1) is 0 Å². The number of alkyl halides is 1. The summed E-state index contributed by atoms with van der Waals surface area (Å²) in [7, 11) is 0. The summed E-state index contributed by atoms with van der Waals surface area (Å²) in [6.07, 6.45) is 7.52. The minimum atomic E-state index is 0.709. The van der Waals surface area contributed by atoms with Gasteiger partial charge < -0.3 is 0 Å². The summed E-state index contributed by atoms with van der Waals surface area (Å²) in [4.78, 5) is 0.709. The van der Waals surface area contributed by atoms with Crippen LogP contribution in [0.2, 0.25) is 0 Å². The fourth-order valence-corrected chi connectivity index (χ4v) is 2.41. The van der Waals surface area contributed by atoms with Gasteiger partial charge in [0.1, 0.15) is 0 Å². The molecule has 1 heteroatoms. The summed E-state index contributed by atoms with van der Waals surface area (Å²) in [6, 6.07) is 0. The van der Waals surface area contributed by atoms with E-state index in [1.54, 1.807) is 0 Å². The molecule has 0 aliphatic heterocycles. The van der Waals surface area contributed by atoms with Crippen LogP contribution in [0.15, 0.2) is 12.2 Å². The highest BCUT2D eigenvalue weighted by molar-refractivity contribution is 9.09. The molecule has 0 radical (unpaired) electrons. The van der Waals surface area contributed by atoms with Crippen LogP contribution in [-0.4, -0.2) is 4.83 Å². The number of rotatable bonds is 0. The lowest BCUT2D eigenvalue weighted by Crippen LogP contribution is -2.25. The summed E-state index contributed by atoms with van der Waals surface area (Å²) >= 11 is 3.61. The topological polar surface area (TPSA) is 0 Å². The molecule has 0 aromatic rings. The summed E-state index contributed by atoms with van der Waals surface area (Å²) in [5, 5.41) is 0. The Labute approximate surface area is 58.1 Å². The Balaban J connectivity index is 2.14. The van der Waals surface area contributed by atoms with E-state index >= 15 is 0 Å². The first-order chi connectivity index (χ1) is 3.88. The van der Waals surface area contributed by atoms with Crippen molar-refractivity contribution in [1.82, 2.24) is 0 Å². The molecule has 0 amide bonds. The molecule has 2 aliphatic carbocycles. The van der Waals surface area contributed by atoms with E-state index < -0.39 is 0 Å². The van der Waals surface area contributed by atoms with Crippen molar-refractivity contribution in [2.24, 2.45) is 11.8 Å². The molecule has 0 N–H and O–H groups in total. The average Bonchev–Trinajstić information content (AvgIpc) is 1.80. The van der Waals surface area contributed by atoms with E-state index in [4.69, 9.17) is 0 Å². The standard InChI is InChI=1S/C7H9Br/c8-7-4-2-5-1-3-6(5)7/h2,4-7H,1,3H2. The molecule has 0 aromatic carbocycles. The predicted octanol–water partition coefficient (Wildman–Crippen LogP) is 2.35. The van der Waals surface area contributed by atoms with E-state index in [-0.39, 0.29) is 0 Å². The first kappa shape index (κ1) is 5.04. The molecule has 0 nitrogen and oxygen atoms in total. The molecule has 0 saturated heterocycles. The van der Waals surface area contributed by atoms with Gasteiger partial charge >= 0.3 is 0 Å². The molecule has 0 heterocycles. The lowest BCUT2D eigenvalue weighted by atomic mass is 9.76. The molecular weight excluding hydrogens is 164 g/mol. The minimum absolute atomic E-state index is 0.709. The van der Waals surface area contributed by atoms with Gasteiger partial charge in [0, 0.05) is 4.83 Å². The zero-order valence-electron chi connectivity index (χ0n) is 4.68. The molecule has 0 bridgehead atoms. The molecule has 0 aromatic heterocycles. The van der Waals surface area contributed by atoms with Gasteiger partial charge in [-0.3, -0.25) is 0 Å². The van der Waals surface area contributed by atoms with E-state index in [2.05, 4.69) is 28.1 Å². The van der Waals surface area contributed by atoms with Crippen molar-refractivity contribution >= 4 is 15.9 Å². The normalized spacial score (nSPS) is 50.9. The summed E-state index contributed by atoms with van der Waals surface area (Å²) in [6.45, 7) is 0. The Bertz CT molecular complexity index is 120. The van der Waals surface area contributed by atoms with Gasteiger partial charge in [-0.05, 0) is 24.7 Å². The maximum atomic E-state index is 3.61. The van der Waals surface area contributed by atoms with Crippen LogP contribution in [-0.2, 0) is 0 Å². The second kappa shape index (κ2) is 1.60. The summed E-state index contributed by atoms with van der Waals surface area (Å²) < 4.78 is 0. The monoisotopic (exact) mass is 172 g/mol. The Morgan fingerprint density at radius 2 is 2.12 bits per heavy atom. The first-order valence-electron chi connectivity index (χ1n) is 3.20. The predicted molar refractivity (Wildman–Crippen MR) is 38.1 cm³/mol. The van der Waals surface area contributed by atoms with Crippen molar-refractivity contribution in [1.29, 1.82) is 0 Å². The van der Waals surface area contributed by atoms with Crippen LogP contribution in [0.25, 0.3) is 0 Å². The Morgan fingerprint density at radius 1 is 1.25 bits per heavy atom. The molecule has 2 aliphatic rings. The van der Waals surface area contributed by atoms with Crippen molar-refractivity contribution in [3.63, 3.8) is 0 Å². The van der Waals surface area contributed by atoms with Crippen molar-refractivity contribution < 1.29 is 0 Å². The van der Waals surface area contributed by atoms with E-state index in [1.165, 1.54) is 12.8 Å². The maximum absolute atomic E-state index is 3.61. The largest absolute Gasteiger partial charge is 0.0842 e. The minimum Gasteiger partial charge on any atom is -0.0842 e. The quantitative estimate of drug-likeness (QED) is 0.389. The zero-order valence-corrected chi connectivity index (χ0v) is 6.26. The number of allylic oxidation sites excluding steroid dienone is 2. The molecule has 8 heavy (non-hydrogen) atoms. The van der Waals surface area contributed by atoms with E-state index in [9.17, 15) is 0 Å². The maximum Gasteiger partial charge on any atom is 0.0359 e. The fourth-order valence-electron chi connectivity index (χ4n) is 1.58. The van der Waals surface area contributed by atoms with E-state index in [0.717, 1.165) is 11.8 Å². The number of fused-ring (bicyclic) bond motifs is 1. The van der Waals surface area contributed by atoms with Crippen molar-refractivity contribution in [2.75, 3.05) is 0 Å². The number of hydrogen-bond acceptors (Lipinski definition) is 0. The van der Waals surface area contributed by atoms with Crippen LogP contribution in [0, 0.1) is 11.8 Å². The highest BCUT2D eigenvalue weighted by atomic mass is 79.9. The van der Waals surface area contributed by atoms with Gasteiger partial charge in [0.2, 0.25) is 0 Å². The lowest BCUT2D eigenvalue weighted by molar-refractivity contribution is 0.257. The molecular formula is C7H9Br. The van der Waals surface area contributed by atoms with Gasteiger partial charge in [0.25, 0.3) is 0 Å². The second-order valence-electron chi connectivity index (χ2n) is 2.73. The SMILES string of the molecule is BrC1C=CC2CCC12. The fraction of sp³-hybridized carbons (Fsp3) is 0.714. The van der Waals surface area contributed by atoms with Crippen molar-refractivity contribution in [2.45, 2.75) is 17.7 Å². The average molecular weight is 173 g/mol. The van der Waals surface area contributed by atoms with Crippen LogP contribution in [0.4, 0.5) is 0 Å². The highest BCUT2D eigenvalue weighted by Crippen LogP contribution is 2.45. The zero-order chi connectivity index (χ0) is 5.56. The Kier molecular flexibility index (Phi) is 1.01. The van der Waals surface area contributed by atoms with Crippen molar-refractivity contribution in [3.8, 4) is 0 Å². The molecule has 3 unspecified atom stereocenters. The first-order valence-corrected chi connectivity index (χ1v) is 4.12. The molecule has 44 valence electrons. The van der Waals surface area contributed by atoms with E-state index in [1.807, 2.05) is 0 Å². The van der Waals surface area contributed by atoms with Gasteiger partial charge in [0.15, 0.2) is 0 Å². The van der Waals surface area contributed by atoms with Gasteiger partial charge in [-0.2, -0.15) is 0 Å². The molecule has 1 saturated carbocycles. The van der Waals surface area contributed by atoms with Gasteiger partial charge in [-0.25, -0.2) is 0 Å². The third-order valence-corrected chi connectivity index (χ3v) is 3.32. The van der Waals surface area contributed by atoms with Crippen LogP contribution in [0.5, 0.6) is 0 Å². The van der Waals surface area contributed by atoms with E-state index in [0.29, 0.717) is 4.83 Å². The van der Waals surface area contributed by atoms with Crippen molar-refractivity contribution in [3.05, 3.63) is 12.2 Å². The summed E-state index contributed by atoms with van der Waals surface area (Å²) in [5.41, 5.74) is 0. The summed E-state index contributed by atoms with van der Waals surface area (Å²) in [5.74, 6) is 1.91. The third kappa shape index (κ3) is 0.511. The number of halogens is 1. The Hall–Kier alpha value is 0.220. The number of hydrogen-bond donors (Lipinski definition) is 0. The third-order valence-electron chi connectivity index (χ3n) is 2.33. The molecule has 2 rings (SSSR count). The molecule has 0 spiro atoms.